The van der Waals surface area contributed by atoms with Gasteiger partial charge in [-0.05, 0) is 24.3 Å². The number of nitrogens with one attached hydrogen (secondary N) is 1. The fourth-order valence-corrected chi connectivity index (χ4v) is 3.19. The molecule has 0 fully saturated rings. The van der Waals surface area contributed by atoms with Crippen LogP contribution in [0.25, 0.3) is 11.6 Å². The average molecular weight is 397 g/mol. The van der Waals surface area contributed by atoms with E-state index in [1.54, 1.807) is 18.3 Å². The molecule has 4 N–H and O–H groups in total. The van der Waals surface area contributed by atoms with Crippen molar-refractivity contribution in [1.29, 1.82) is 0 Å². The maximum atomic E-state index is 13.1. The summed E-state index contributed by atoms with van der Waals surface area (Å²) >= 11 is 6.25. The van der Waals surface area contributed by atoms with Crippen LogP contribution in [0, 0.1) is 0 Å². The van der Waals surface area contributed by atoms with E-state index in [0.29, 0.717) is 17.0 Å². The lowest BCUT2D eigenvalue weighted by Gasteiger charge is -2.15. The third-order valence-electron chi connectivity index (χ3n) is 4.16. The van der Waals surface area contributed by atoms with Crippen LogP contribution < -0.4 is 10.6 Å². The number of halogens is 1. The lowest BCUT2D eigenvalue weighted by molar-refractivity contribution is -0.113. The SMILES string of the molecule is Nc1nc(Cl)c2c(n1)N(Cc1ccccn1)C(=O)C2=Cc1cc(C(=O)O)c[nH]1. The zero-order valence-electron chi connectivity index (χ0n) is 14.3. The fraction of sp³-hybridized carbons (Fsp3) is 0.0556. The summed E-state index contributed by atoms with van der Waals surface area (Å²) in [5.41, 5.74) is 7.44. The molecule has 9 nitrogen and oxygen atoms in total. The molecule has 1 aliphatic rings. The van der Waals surface area contributed by atoms with Gasteiger partial charge >= 0.3 is 5.97 Å². The number of nitrogen functional groups attached to an aromatic ring is 1. The van der Waals surface area contributed by atoms with Crippen molar-refractivity contribution in [1.82, 2.24) is 19.9 Å². The summed E-state index contributed by atoms with van der Waals surface area (Å²) in [4.78, 5) is 40.8. The highest BCUT2D eigenvalue weighted by Gasteiger charge is 2.37. The van der Waals surface area contributed by atoms with Crippen LogP contribution in [0.15, 0.2) is 36.7 Å². The number of aromatic carboxylic acids is 1. The highest BCUT2D eigenvalue weighted by atomic mass is 35.5. The quantitative estimate of drug-likeness (QED) is 0.454. The van der Waals surface area contributed by atoms with Crippen LogP contribution in [-0.4, -0.2) is 36.9 Å². The molecule has 4 heterocycles. The zero-order chi connectivity index (χ0) is 19.8. The number of fused-ring (bicyclic) bond motifs is 1. The van der Waals surface area contributed by atoms with E-state index < -0.39 is 5.97 Å². The topological polar surface area (TPSA) is 138 Å². The maximum absolute atomic E-state index is 13.1. The Balaban J connectivity index is 1.81. The minimum absolute atomic E-state index is 0.0376. The summed E-state index contributed by atoms with van der Waals surface area (Å²) in [5.74, 6) is -1.22. The second-order valence-electron chi connectivity index (χ2n) is 5.99. The number of aromatic nitrogens is 4. The van der Waals surface area contributed by atoms with E-state index in [9.17, 15) is 9.59 Å². The number of anilines is 2. The van der Waals surface area contributed by atoms with Crippen LogP contribution >= 0.6 is 11.6 Å². The molecule has 3 aromatic heterocycles. The van der Waals surface area contributed by atoms with Crippen molar-refractivity contribution < 1.29 is 14.7 Å². The lowest BCUT2D eigenvalue weighted by Crippen LogP contribution is -2.27. The van der Waals surface area contributed by atoms with Crippen LogP contribution in [0.2, 0.25) is 5.15 Å². The predicted octanol–water partition coefficient (Wildman–Crippen LogP) is 2.22. The molecule has 0 saturated carbocycles. The summed E-state index contributed by atoms with van der Waals surface area (Å²) in [5, 5.41) is 9.11. The van der Waals surface area contributed by atoms with Gasteiger partial charge in [0, 0.05) is 18.1 Å². The number of carboxylic acids is 1. The van der Waals surface area contributed by atoms with E-state index in [2.05, 4.69) is 19.9 Å². The number of carboxylic acid groups (broad SMARTS) is 1. The van der Waals surface area contributed by atoms with E-state index >= 15 is 0 Å². The number of pyridine rings is 1. The Bertz CT molecular complexity index is 1130. The first kappa shape index (κ1) is 17.7. The molecule has 0 spiro atoms. The van der Waals surface area contributed by atoms with Crippen molar-refractivity contribution in [2.75, 3.05) is 10.6 Å². The standard InChI is InChI=1S/C18H13ClN6O3/c19-14-13-12(6-11-5-9(7-22-11)17(27)28)16(26)25(15(13)24-18(20)23-14)8-10-3-1-2-4-21-10/h1-7,22H,8H2,(H,27,28)(H2,20,23,24). The van der Waals surface area contributed by atoms with Gasteiger partial charge in [-0.2, -0.15) is 4.98 Å². The largest absolute Gasteiger partial charge is 0.478 e. The lowest BCUT2D eigenvalue weighted by atomic mass is 10.1. The van der Waals surface area contributed by atoms with Gasteiger partial charge in [0.1, 0.15) is 5.15 Å². The van der Waals surface area contributed by atoms with Crippen molar-refractivity contribution >= 4 is 46.9 Å². The van der Waals surface area contributed by atoms with Gasteiger partial charge in [-0.15, -0.1) is 0 Å². The molecule has 10 heteroatoms. The van der Waals surface area contributed by atoms with E-state index in [-0.39, 0.29) is 40.5 Å². The van der Waals surface area contributed by atoms with Crippen LogP contribution in [0.3, 0.4) is 0 Å². The smallest absolute Gasteiger partial charge is 0.337 e. The molecule has 0 bridgehead atoms. The molecular formula is C18H13ClN6O3. The zero-order valence-corrected chi connectivity index (χ0v) is 15.0. The molecule has 0 aliphatic carbocycles. The van der Waals surface area contributed by atoms with Crippen molar-refractivity contribution in [3.8, 4) is 0 Å². The number of carbonyl (C=O) groups is 2. The Kier molecular flexibility index (Phi) is 4.28. The van der Waals surface area contributed by atoms with E-state index in [4.69, 9.17) is 22.4 Å². The minimum atomic E-state index is -1.08. The number of H-pyrrole nitrogens is 1. The average Bonchev–Trinajstić information content (AvgIpc) is 3.22. The second-order valence-corrected chi connectivity index (χ2v) is 6.35. The normalized spacial score (nSPS) is 14.5. The van der Waals surface area contributed by atoms with Crippen molar-refractivity contribution in [3.63, 3.8) is 0 Å². The molecule has 0 atom stereocenters. The second kappa shape index (κ2) is 6.78. The molecule has 0 unspecified atom stereocenters. The third kappa shape index (κ3) is 3.08. The first-order valence-electron chi connectivity index (χ1n) is 8.12. The number of aromatic amines is 1. The number of rotatable bonds is 4. The summed E-state index contributed by atoms with van der Waals surface area (Å²) in [6.07, 6.45) is 4.47. The third-order valence-corrected chi connectivity index (χ3v) is 4.44. The highest BCUT2D eigenvalue weighted by Crippen LogP contribution is 2.41. The van der Waals surface area contributed by atoms with Gasteiger partial charge < -0.3 is 15.8 Å². The molecule has 0 radical (unpaired) electrons. The minimum Gasteiger partial charge on any atom is -0.478 e. The summed E-state index contributed by atoms with van der Waals surface area (Å²) in [6, 6.07) is 6.78. The van der Waals surface area contributed by atoms with Gasteiger partial charge in [0.15, 0.2) is 5.82 Å². The predicted molar refractivity (Wildman–Crippen MR) is 103 cm³/mol. The van der Waals surface area contributed by atoms with Gasteiger partial charge in [-0.25, -0.2) is 9.78 Å². The summed E-state index contributed by atoms with van der Waals surface area (Å²) in [6.45, 7) is 0.169. The van der Waals surface area contributed by atoms with E-state index in [0.717, 1.165) is 0 Å². The Morgan fingerprint density at radius 1 is 1.36 bits per heavy atom. The van der Waals surface area contributed by atoms with E-state index in [1.165, 1.54) is 23.2 Å². The number of hydrogen-bond acceptors (Lipinski definition) is 6. The Hall–Kier alpha value is -3.72. The number of hydrogen-bond donors (Lipinski definition) is 3. The van der Waals surface area contributed by atoms with Gasteiger partial charge in [0.2, 0.25) is 5.95 Å². The van der Waals surface area contributed by atoms with E-state index in [1.807, 2.05) is 6.07 Å². The Morgan fingerprint density at radius 3 is 2.86 bits per heavy atom. The number of carbonyl (C=O) groups excluding carboxylic acids is 1. The molecular weight excluding hydrogens is 384 g/mol. The number of nitrogens with zero attached hydrogens (tertiary/aromatic N) is 4. The van der Waals surface area contributed by atoms with Crippen LogP contribution in [0.5, 0.6) is 0 Å². The van der Waals surface area contributed by atoms with Gasteiger partial charge in [0.25, 0.3) is 5.91 Å². The molecule has 0 saturated heterocycles. The molecule has 4 rings (SSSR count). The first-order valence-corrected chi connectivity index (χ1v) is 8.50. The molecule has 3 aromatic rings. The Morgan fingerprint density at radius 2 is 2.18 bits per heavy atom. The molecule has 1 amide bonds. The van der Waals surface area contributed by atoms with Crippen LogP contribution in [0.1, 0.15) is 27.3 Å². The Labute approximate surface area is 163 Å². The summed E-state index contributed by atoms with van der Waals surface area (Å²) < 4.78 is 0. The van der Waals surface area contributed by atoms with Crippen LogP contribution in [-0.2, 0) is 11.3 Å². The van der Waals surface area contributed by atoms with Gasteiger partial charge in [-0.1, -0.05) is 17.7 Å². The van der Waals surface area contributed by atoms with Gasteiger partial charge in [0.05, 0.1) is 28.9 Å². The van der Waals surface area contributed by atoms with Crippen molar-refractivity contribution in [2.24, 2.45) is 0 Å². The molecule has 0 aromatic carbocycles. The highest BCUT2D eigenvalue weighted by molar-refractivity contribution is 6.41. The first-order chi connectivity index (χ1) is 13.4. The van der Waals surface area contributed by atoms with Crippen LogP contribution in [0.4, 0.5) is 11.8 Å². The van der Waals surface area contributed by atoms with Crippen molar-refractivity contribution in [3.05, 3.63) is 64.3 Å². The monoisotopic (exact) mass is 396 g/mol. The van der Waals surface area contributed by atoms with Crippen molar-refractivity contribution in [2.45, 2.75) is 6.54 Å². The molecule has 28 heavy (non-hydrogen) atoms. The summed E-state index contributed by atoms with van der Waals surface area (Å²) in [7, 11) is 0. The number of amides is 1. The van der Waals surface area contributed by atoms with Gasteiger partial charge in [-0.3, -0.25) is 14.7 Å². The molecule has 140 valence electrons. The fourth-order valence-electron chi connectivity index (χ4n) is 2.92. The maximum Gasteiger partial charge on any atom is 0.337 e. The molecule has 1 aliphatic heterocycles. The number of nitrogens with two attached hydrogens (primary N) is 1.